The van der Waals surface area contributed by atoms with Crippen LogP contribution in [0.5, 0.6) is 0 Å². The summed E-state index contributed by atoms with van der Waals surface area (Å²) in [5.41, 5.74) is 0. The van der Waals surface area contributed by atoms with Crippen LogP contribution in [-0.4, -0.2) is 57.5 Å². The highest BCUT2D eigenvalue weighted by Gasteiger charge is 2.23. The number of hydrogen-bond acceptors (Lipinski definition) is 7. The summed E-state index contributed by atoms with van der Waals surface area (Å²) in [7, 11) is 0. The fourth-order valence-corrected chi connectivity index (χ4v) is 5.57. The minimum atomic E-state index is -0.156. The van der Waals surface area contributed by atoms with Crippen molar-refractivity contribution in [2.75, 3.05) is 25.4 Å². The molecule has 1 N–H and O–H groups in total. The molecular weight excluding hydrogens is 376 g/mol. The van der Waals surface area contributed by atoms with Gasteiger partial charge in [0, 0.05) is 19.6 Å². The second kappa shape index (κ2) is 11.0. The highest BCUT2D eigenvalue weighted by molar-refractivity contribution is 8.04. The van der Waals surface area contributed by atoms with Crippen LogP contribution in [0.25, 0.3) is 0 Å². The molecule has 0 aliphatic carbocycles. The topological polar surface area (TPSA) is 75.2 Å². The third-order valence-corrected chi connectivity index (χ3v) is 7.06. The Bertz CT molecular complexity index is 559. The van der Waals surface area contributed by atoms with Gasteiger partial charge in [0.2, 0.25) is 11.8 Å². The van der Waals surface area contributed by atoms with E-state index in [2.05, 4.69) is 15.5 Å². The van der Waals surface area contributed by atoms with E-state index in [0.29, 0.717) is 12.3 Å². The molecule has 0 unspecified atom stereocenters. The minimum Gasteiger partial charge on any atom is -0.355 e. The summed E-state index contributed by atoms with van der Waals surface area (Å²) in [6.07, 6.45) is 5.56. The van der Waals surface area contributed by atoms with Crippen molar-refractivity contribution in [3.63, 3.8) is 0 Å². The molecule has 0 bridgehead atoms. The summed E-state index contributed by atoms with van der Waals surface area (Å²) in [5, 5.41) is 10.9. The first-order chi connectivity index (χ1) is 12.1. The lowest BCUT2D eigenvalue weighted by Gasteiger charge is -2.23. The largest absolute Gasteiger partial charge is 0.355 e. The number of carbonyl (C=O) groups is 2. The second-order valence-electron chi connectivity index (χ2n) is 5.97. The maximum atomic E-state index is 12.6. The van der Waals surface area contributed by atoms with Crippen molar-refractivity contribution in [2.45, 2.75) is 59.9 Å². The van der Waals surface area contributed by atoms with Gasteiger partial charge >= 0.3 is 0 Å². The molecule has 2 heterocycles. The Balaban J connectivity index is 1.79. The van der Waals surface area contributed by atoms with Gasteiger partial charge in [-0.3, -0.25) is 9.59 Å². The zero-order chi connectivity index (χ0) is 18.1. The van der Waals surface area contributed by atoms with Crippen LogP contribution >= 0.6 is 34.9 Å². The number of aromatic nitrogens is 2. The Morgan fingerprint density at radius 3 is 2.56 bits per heavy atom. The normalized spacial score (nSPS) is 16.3. The summed E-state index contributed by atoms with van der Waals surface area (Å²) in [5.74, 6) is 0.554. The lowest BCUT2D eigenvalue weighted by molar-refractivity contribution is -0.130. The minimum absolute atomic E-state index is 0.0148. The van der Waals surface area contributed by atoms with Gasteiger partial charge in [-0.25, -0.2) is 0 Å². The molecule has 0 saturated carbocycles. The van der Waals surface area contributed by atoms with E-state index in [-0.39, 0.29) is 17.1 Å². The van der Waals surface area contributed by atoms with E-state index < -0.39 is 0 Å². The Kier molecular flexibility index (Phi) is 9.05. The van der Waals surface area contributed by atoms with Crippen LogP contribution in [0.1, 0.15) is 46.0 Å². The van der Waals surface area contributed by atoms with E-state index in [0.717, 1.165) is 41.0 Å². The van der Waals surface area contributed by atoms with E-state index in [1.165, 1.54) is 47.7 Å². The van der Waals surface area contributed by atoms with Gasteiger partial charge < -0.3 is 10.2 Å². The molecule has 1 atom stereocenters. The van der Waals surface area contributed by atoms with Crippen molar-refractivity contribution in [1.29, 1.82) is 0 Å². The molecule has 0 aromatic carbocycles. The maximum absolute atomic E-state index is 12.6. The second-order valence-corrected chi connectivity index (χ2v) is 9.76. The summed E-state index contributed by atoms with van der Waals surface area (Å²) < 4.78 is 1.55. The van der Waals surface area contributed by atoms with Gasteiger partial charge in [0.05, 0.1) is 11.0 Å². The lowest BCUT2D eigenvalue weighted by Crippen LogP contribution is -2.37. The summed E-state index contributed by atoms with van der Waals surface area (Å²) >= 11 is 4.30. The van der Waals surface area contributed by atoms with Crippen molar-refractivity contribution >= 4 is 46.7 Å². The number of nitrogens with zero attached hydrogens (tertiary/aromatic N) is 3. The van der Waals surface area contributed by atoms with Crippen molar-refractivity contribution in [3.05, 3.63) is 0 Å². The third-order valence-electron chi connectivity index (χ3n) is 3.83. The molecule has 25 heavy (non-hydrogen) atoms. The molecule has 1 aliphatic heterocycles. The molecule has 6 nitrogen and oxygen atoms in total. The smallest absolute Gasteiger partial charge is 0.235 e. The first kappa shape index (κ1) is 20.5. The molecule has 0 spiro atoms. The highest BCUT2D eigenvalue weighted by atomic mass is 32.2. The van der Waals surface area contributed by atoms with Crippen LogP contribution in [0.15, 0.2) is 8.68 Å². The number of nitrogens with one attached hydrogen (secondary N) is 1. The number of likely N-dealkylation sites (tertiary alicyclic amines) is 1. The molecule has 2 amide bonds. The molecule has 1 fully saturated rings. The van der Waals surface area contributed by atoms with Gasteiger partial charge in [0.15, 0.2) is 8.68 Å². The van der Waals surface area contributed by atoms with Crippen molar-refractivity contribution in [3.8, 4) is 0 Å². The Labute approximate surface area is 161 Å². The molecule has 1 aromatic heterocycles. The van der Waals surface area contributed by atoms with Crippen molar-refractivity contribution in [1.82, 2.24) is 20.4 Å². The zero-order valence-electron chi connectivity index (χ0n) is 14.8. The fraction of sp³-hybridized carbons (Fsp3) is 0.750. The van der Waals surface area contributed by atoms with E-state index in [4.69, 9.17) is 0 Å². The fourth-order valence-electron chi connectivity index (χ4n) is 2.50. The monoisotopic (exact) mass is 402 g/mol. The van der Waals surface area contributed by atoms with Crippen LogP contribution in [0, 0.1) is 0 Å². The molecule has 1 aliphatic rings. The van der Waals surface area contributed by atoms with Gasteiger partial charge in [-0.15, -0.1) is 10.2 Å². The van der Waals surface area contributed by atoms with Gasteiger partial charge in [0.1, 0.15) is 0 Å². The molecule has 0 radical (unpaired) electrons. The van der Waals surface area contributed by atoms with E-state index in [1.54, 1.807) is 0 Å². The predicted octanol–water partition coefficient (Wildman–Crippen LogP) is 3.04. The summed E-state index contributed by atoms with van der Waals surface area (Å²) in [6, 6.07) is 0. The highest BCUT2D eigenvalue weighted by Crippen LogP contribution is 2.32. The maximum Gasteiger partial charge on any atom is 0.235 e. The molecule has 9 heteroatoms. The summed E-state index contributed by atoms with van der Waals surface area (Å²) in [4.78, 5) is 26.2. The standard InChI is InChI=1S/C16H26N4O2S3/c1-3-8-17-13(21)11-23-15-18-19-16(25-15)24-12(2)14(22)20-9-6-4-5-7-10-20/h12H,3-11H2,1-2H3,(H,17,21)/t12-/m0/s1. The molecule has 1 saturated heterocycles. The summed E-state index contributed by atoms with van der Waals surface area (Å²) in [6.45, 7) is 6.40. The zero-order valence-corrected chi connectivity index (χ0v) is 17.3. The average Bonchev–Trinajstić information content (AvgIpc) is 2.88. The van der Waals surface area contributed by atoms with Crippen LogP contribution in [-0.2, 0) is 9.59 Å². The third kappa shape index (κ3) is 7.15. The van der Waals surface area contributed by atoms with Crippen LogP contribution in [0.3, 0.4) is 0 Å². The molecule has 1 aromatic rings. The Morgan fingerprint density at radius 1 is 1.20 bits per heavy atom. The number of rotatable bonds is 8. The predicted molar refractivity (Wildman–Crippen MR) is 104 cm³/mol. The Morgan fingerprint density at radius 2 is 1.88 bits per heavy atom. The van der Waals surface area contributed by atoms with E-state index in [9.17, 15) is 9.59 Å². The van der Waals surface area contributed by atoms with E-state index in [1.807, 2.05) is 18.7 Å². The number of hydrogen-bond donors (Lipinski definition) is 1. The van der Waals surface area contributed by atoms with Gasteiger partial charge in [0.25, 0.3) is 0 Å². The van der Waals surface area contributed by atoms with Crippen molar-refractivity contribution < 1.29 is 9.59 Å². The van der Waals surface area contributed by atoms with Gasteiger partial charge in [-0.05, 0) is 26.2 Å². The number of carbonyl (C=O) groups excluding carboxylic acids is 2. The Hall–Kier alpha value is -0.800. The van der Waals surface area contributed by atoms with Gasteiger partial charge in [-0.1, -0.05) is 54.6 Å². The van der Waals surface area contributed by atoms with Crippen LogP contribution < -0.4 is 5.32 Å². The first-order valence-corrected chi connectivity index (χ1v) is 11.5. The number of thioether (sulfide) groups is 2. The SMILES string of the molecule is CCCNC(=O)CSc1nnc(S[C@@H](C)C(=O)N2CCCCCC2)s1. The first-order valence-electron chi connectivity index (χ1n) is 8.78. The molecular formula is C16H26N4O2S3. The molecule has 140 valence electrons. The van der Waals surface area contributed by atoms with Crippen LogP contribution in [0.4, 0.5) is 0 Å². The van der Waals surface area contributed by atoms with Gasteiger partial charge in [-0.2, -0.15) is 0 Å². The quantitative estimate of drug-likeness (QED) is 0.674. The van der Waals surface area contributed by atoms with Crippen LogP contribution in [0.2, 0.25) is 0 Å². The lowest BCUT2D eigenvalue weighted by atomic mass is 10.2. The van der Waals surface area contributed by atoms with E-state index >= 15 is 0 Å². The number of amides is 2. The molecule has 2 rings (SSSR count). The average molecular weight is 403 g/mol. The van der Waals surface area contributed by atoms with Crippen molar-refractivity contribution in [2.24, 2.45) is 0 Å².